The Morgan fingerprint density at radius 2 is 2.06 bits per heavy atom. The van der Waals surface area contributed by atoms with Gasteiger partial charge in [0.1, 0.15) is 0 Å². The van der Waals surface area contributed by atoms with Crippen molar-refractivity contribution in [2.24, 2.45) is 0 Å². The number of halogens is 3. The van der Waals surface area contributed by atoms with E-state index in [0.29, 0.717) is 0 Å². The molecule has 0 bridgehead atoms. The fourth-order valence-electron chi connectivity index (χ4n) is 1.74. The first-order valence-electron chi connectivity index (χ1n) is 5.30. The molecule has 0 saturated heterocycles. The zero-order chi connectivity index (χ0) is 12.4. The van der Waals surface area contributed by atoms with Crippen molar-refractivity contribution in [2.45, 2.75) is 18.7 Å². The quantitative estimate of drug-likeness (QED) is 0.591. The number of aryl methyl sites for hydroxylation is 1. The minimum Gasteiger partial charge on any atom is -0.130 e. The molecule has 1 heterocycles. The number of hydrogen-bond acceptors (Lipinski definition) is 1. The standard InChI is InChI=1S/C13H11BrCl2S/c1-2-8-5-3-4-6-9(8)12(16)11-7-10(15)13(14)17-11/h3-7,12H,2H2,1H3. The molecule has 0 fully saturated rings. The topological polar surface area (TPSA) is 0 Å². The van der Waals surface area contributed by atoms with Crippen LogP contribution in [-0.4, -0.2) is 0 Å². The van der Waals surface area contributed by atoms with Crippen molar-refractivity contribution in [1.82, 2.24) is 0 Å². The van der Waals surface area contributed by atoms with E-state index in [0.717, 1.165) is 20.1 Å². The number of hydrogen-bond donors (Lipinski definition) is 0. The van der Waals surface area contributed by atoms with Crippen LogP contribution in [0.4, 0.5) is 0 Å². The molecule has 1 aromatic carbocycles. The normalized spacial score (nSPS) is 12.7. The predicted molar refractivity (Wildman–Crippen MR) is 80.5 cm³/mol. The lowest BCUT2D eigenvalue weighted by Crippen LogP contribution is -1.96. The minimum absolute atomic E-state index is 0.125. The van der Waals surface area contributed by atoms with Crippen LogP contribution in [0.2, 0.25) is 5.02 Å². The zero-order valence-electron chi connectivity index (χ0n) is 9.21. The number of benzene rings is 1. The Morgan fingerprint density at radius 1 is 1.35 bits per heavy atom. The maximum atomic E-state index is 6.53. The molecule has 0 N–H and O–H groups in total. The highest BCUT2D eigenvalue weighted by atomic mass is 79.9. The second-order valence-corrected chi connectivity index (χ2v) is 6.93. The van der Waals surface area contributed by atoms with Crippen LogP contribution in [-0.2, 0) is 6.42 Å². The van der Waals surface area contributed by atoms with Gasteiger partial charge in [0.05, 0.1) is 14.2 Å². The average Bonchev–Trinajstić information content (AvgIpc) is 2.68. The highest BCUT2D eigenvalue weighted by Gasteiger charge is 2.17. The Hall–Kier alpha value is -0.0200. The zero-order valence-corrected chi connectivity index (χ0v) is 13.1. The summed E-state index contributed by atoms with van der Waals surface area (Å²) in [5.41, 5.74) is 2.45. The molecule has 17 heavy (non-hydrogen) atoms. The molecule has 0 saturated carbocycles. The molecule has 1 unspecified atom stereocenters. The number of thiophene rings is 1. The SMILES string of the molecule is CCc1ccccc1C(Cl)c1cc(Cl)c(Br)s1. The molecule has 0 radical (unpaired) electrons. The van der Waals surface area contributed by atoms with E-state index in [1.807, 2.05) is 18.2 Å². The summed E-state index contributed by atoms with van der Waals surface area (Å²) in [6.07, 6.45) is 0.986. The van der Waals surface area contributed by atoms with E-state index in [2.05, 4.69) is 35.0 Å². The third-order valence-corrected chi connectivity index (χ3v) is 5.76. The summed E-state index contributed by atoms with van der Waals surface area (Å²) in [7, 11) is 0. The summed E-state index contributed by atoms with van der Waals surface area (Å²) in [5, 5.41) is 0.601. The first-order valence-corrected chi connectivity index (χ1v) is 7.72. The van der Waals surface area contributed by atoms with Crippen LogP contribution in [0.3, 0.4) is 0 Å². The van der Waals surface area contributed by atoms with E-state index >= 15 is 0 Å². The van der Waals surface area contributed by atoms with Crippen molar-refractivity contribution < 1.29 is 0 Å². The minimum atomic E-state index is -0.125. The van der Waals surface area contributed by atoms with Crippen LogP contribution in [0, 0.1) is 0 Å². The van der Waals surface area contributed by atoms with E-state index in [1.54, 1.807) is 11.3 Å². The van der Waals surface area contributed by atoms with Gasteiger partial charge in [-0.25, -0.2) is 0 Å². The summed E-state index contributed by atoms with van der Waals surface area (Å²) in [4.78, 5) is 1.07. The van der Waals surface area contributed by atoms with Crippen molar-refractivity contribution in [1.29, 1.82) is 0 Å². The Morgan fingerprint density at radius 3 is 2.65 bits per heavy atom. The van der Waals surface area contributed by atoms with Gasteiger partial charge in [-0.3, -0.25) is 0 Å². The smallest absolute Gasteiger partial charge is 0.0931 e. The van der Waals surface area contributed by atoms with Gasteiger partial charge in [-0.1, -0.05) is 42.8 Å². The molecular formula is C13H11BrCl2S. The van der Waals surface area contributed by atoms with Gasteiger partial charge < -0.3 is 0 Å². The van der Waals surface area contributed by atoms with E-state index < -0.39 is 0 Å². The molecule has 1 aromatic heterocycles. The molecule has 4 heteroatoms. The van der Waals surface area contributed by atoms with Crippen LogP contribution in [0.5, 0.6) is 0 Å². The maximum absolute atomic E-state index is 6.53. The second kappa shape index (κ2) is 5.75. The van der Waals surface area contributed by atoms with E-state index in [4.69, 9.17) is 23.2 Å². The lowest BCUT2D eigenvalue weighted by molar-refractivity contribution is 1.05. The first-order chi connectivity index (χ1) is 8.13. The monoisotopic (exact) mass is 348 g/mol. The van der Waals surface area contributed by atoms with Gasteiger partial charge in [-0.05, 0) is 39.5 Å². The molecule has 90 valence electrons. The van der Waals surface area contributed by atoms with Crippen molar-refractivity contribution in [2.75, 3.05) is 0 Å². The van der Waals surface area contributed by atoms with Crippen LogP contribution < -0.4 is 0 Å². The Labute approximate surface area is 124 Å². The summed E-state index contributed by atoms with van der Waals surface area (Å²) in [5.74, 6) is 0. The third-order valence-electron chi connectivity index (χ3n) is 2.62. The molecule has 0 aliphatic heterocycles. The molecule has 0 aliphatic carbocycles. The van der Waals surface area contributed by atoms with Crippen LogP contribution in [0.25, 0.3) is 0 Å². The number of alkyl halides is 1. The lowest BCUT2D eigenvalue weighted by atomic mass is 10.0. The second-order valence-electron chi connectivity index (χ2n) is 3.69. The molecule has 0 amide bonds. The Kier molecular flexibility index (Phi) is 4.53. The lowest BCUT2D eigenvalue weighted by Gasteiger charge is -2.12. The summed E-state index contributed by atoms with van der Waals surface area (Å²) in [6.45, 7) is 2.14. The molecule has 0 spiro atoms. The summed E-state index contributed by atoms with van der Waals surface area (Å²) < 4.78 is 0.939. The first kappa shape index (κ1) is 13.4. The largest absolute Gasteiger partial charge is 0.130 e. The van der Waals surface area contributed by atoms with Crippen LogP contribution in [0.1, 0.15) is 28.3 Å². The van der Waals surface area contributed by atoms with E-state index in [1.165, 1.54) is 11.1 Å². The van der Waals surface area contributed by atoms with Crippen molar-refractivity contribution in [3.8, 4) is 0 Å². The summed E-state index contributed by atoms with van der Waals surface area (Å²) in [6, 6.07) is 10.2. The number of rotatable bonds is 3. The molecule has 2 aromatic rings. The van der Waals surface area contributed by atoms with Gasteiger partial charge in [0.25, 0.3) is 0 Å². The Bertz CT molecular complexity index is 502. The fraction of sp³-hybridized carbons (Fsp3) is 0.231. The Balaban J connectivity index is 2.39. The third kappa shape index (κ3) is 2.87. The predicted octanol–water partition coefficient (Wildman–Crippen LogP) is 6.05. The van der Waals surface area contributed by atoms with Crippen LogP contribution in [0.15, 0.2) is 34.1 Å². The van der Waals surface area contributed by atoms with Gasteiger partial charge in [-0.15, -0.1) is 22.9 Å². The van der Waals surface area contributed by atoms with E-state index in [9.17, 15) is 0 Å². The molecule has 1 atom stereocenters. The molecule has 2 rings (SSSR count). The average molecular weight is 350 g/mol. The van der Waals surface area contributed by atoms with Gasteiger partial charge in [-0.2, -0.15) is 0 Å². The van der Waals surface area contributed by atoms with Crippen LogP contribution >= 0.6 is 50.5 Å². The highest BCUT2D eigenvalue weighted by Crippen LogP contribution is 2.41. The van der Waals surface area contributed by atoms with Crippen molar-refractivity contribution >= 4 is 50.5 Å². The van der Waals surface area contributed by atoms with E-state index in [-0.39, 0.29) is 5.38 Å². The maximum Gasteiger partial charge on any atom is 0.0931 e. The molecule has 0 nitrogen and oxygen atoms in total. The van der Waals surface area contributed by atoms with Gasteiger partial charge in [0.15, 0.2) is 0 Å². The van der Waals surface area contributed by atoms with Gasteiger partial charge >= 0.3 is 0 Å². The van der Waals surface area contributed by atoms with Crippen molar-refractivity contribution in [3.63, 3.8) is 0 Å². The fourth-order valence-corrected chi connectivity index (χ4v) is 3.90. The van der Waals surface area contributed by atoms with Gasteiger partial charge in [0, 0.05) is 4.88 Å². The van der Waals surface area contributed by atoms with Crippen molar-refractivity contribution in [3.05, 3.63) is 55.1 Å². The molecule has 0 aliphatic rings. The highest BCUT2D eigenvalue weighted by molar-refractivity contribution is 9.11. The van der Waals surface area contributed by atoms with Gasteiger partial charge in [0.2, 0.25) is 0 Å². The molecular weight excluding hydrogens is 339 g/mol. The summed E-state index contributed by atoms with van der Waals surface area (Å²) >= 11 is 17.6.